The van der Waals surface area contributed by atoms with E-state index >= 15 is 0 Å². The first-order chi connectivity index (χ1) is 11.3. The zero-order valence-electron chi connectivity index (χ0n) is 13.2. The van der Waals surface area contributed by atoms with E-state index in [1.807, 2.05) is 0 Å². The van der Waals surface area contributed by atoms with Crippen LogP contribution in [0, 0.1) is 0 Å². The standard InChI is InChI=1S/C16H17ClN2O4S/c1-23-13-7-5-6-12(10-13)19(24(2,21)22)11-16(20)18-15-9-4-3-8-14(15)17/h3-10H,11H2,1-2H3,(H,18,20). The summed E-state index contributed by atoms with van der Waals surface area (Å²) in [5, 5.41) is 2.98. The van der Waals surface area contributed by atoms with Crippen LogP contribution in [-0.4, -0.2) is 34.2 Å². The fourth-order valence-electron chi connectivity index (χ4n) is 2.05. The van der Waals surface area contributed by atoms with Crippen molar-refractivity contribution in [2.45, 2.75) is 0 Å². The van der Waals surface area contributed by atoms with E-state index in [-0.39, 0.29) is 6.54 Å². The number of nitrogens with one attached hydrogen (secondary N) is 1. The number of anilines is 2. The molecular weight excluding hydrogens is 352 g/mol. The summed E-state index contributed by atoms with van der Waals surface area (Å²) in [6, 6.07) is 13.2. The second-order valence-electron chi connectivity index (χ2n) is 5.00. The Morgan fingerprint density at radius 1 is 1.21 bits per heavy atom. The molecule has 1 N–H and O–H groups in total. The summed E-state index contributed by atoms with van der Waals surface area (Å²) in [4.78, 5) is 12.2. The summed E-state index contributed by atoms with van der Waals surface area (Å²) in [7, 11) is -2.18. The van der Waals surface area contributed by atoms with E-state index in [1.54, 1.807) is 48.5 Å². The van der Waals surface area contributed by atoms with Crippen LogP contribution in [0.4, 0.5) is 11.4 Å². The first kappa shape index (κ1) is 18.1. The predicted molar refractivity (Wildman–Crippen MR) is 95.3 cm³/mol. The van der Waals surface area contributed by atoms with Crippen molar-refractivity contribution < 1.29 is 17.9 Å². The van der Waals surface area contributed by atoms with Crippen LogP contribution in [0.3, 0.4) is 0 Å². The van der Waals surface area contributed by atoms with E-state index in [1.165, 1.54) is 7.11 Å². The molecule has 0 aromatic heterocycles. The van der Waals surface area contributed by atoms with Gasteiger partial charge in [-0.25, -0.2) is 8.42 Å². The number of methoxy groups -OCH3 is 1. The summed E-state index contributed by atoms with van der Waals surface area (Å²) in [5.74, 6) is -0.0102. The van der Waals surface area contributed by atoms with Crippen molar-refractivity contribution in [2.75, 3.05) is 29.5 Å². The van der Waals surface area contributed by atoms with Crippen molar-refractivity contribution in [2.24, 2.45) is 0 Å². The highest BCUT2D eigenvalue weighted by Gasteiger charge is 2.21. The smallest absolute Gasteiger partial charge is 0.245 e. The molecule has 0 heterocycles. The Morgan fingerprint density at radius 3 is 2.54 bits per heavy atom. The van der Waals surface area contributed by atoms with Gasteiger partial charge in [-0.05, 0) is 24.3 Å². The monoisotopic (exact) mass is 368 g/mol. The number of ether oxygens (including phenoxy) is 1. The molecular formula is C16H17ClN2O4S. The number of carbonyl (C=O) groups is 1. The lowest BCUT2D eigenvalue weighted by Gasteiger charge is -2.22. The fraction of sp³-hybridized carbons (Fsp3) is 0.188. The second-order valence-corrected chi connectivity index (χ2v) is 7.31. The van der Waals surface area contributed by atoms with Crippen LogP contribution in [0.1, 0.15) is 0 Å². The first-order valence-electron chi connectivity index (χ1n) is 6.97. The lowest BCUT2D eigenvalue weighted by molar-refractivity contribution is -0.114. The number of benzene rings is 2. The van der Waals surface area contributed by atoms with Crippen molar-refractivity contribution in [3.05, 3.63) is 53.6 Å². The lowest BCUT2D eigenvalue weighted by Crippen LogP contribution is -2.37. The van der Waals surface area contributed by atoms with Gasteiger partial charge in [0.1, 0.15) is 12.3 Å². The molecule has 2 aromatic carbocycles. The summed E-state index contributed by atoms with van der Waals surface area (Å²) in [5.41, 5.74) is 0.759. The Balaban J connectivity index is 2.23. The fourth-order valence-corrected chi connectivity index (χ4v) is 3.08. The first-order valence-corrected chi connectivity index (χ1v) is 9.20. The van der Waals surface area contributed by atoms with Gasteiger partial charge >= 0.3 is 0 Å². The number of rotatable bonds is 6. The number of nitrogens with zero attached hydrogens (tertiary/aromatic N) is 1. The molecule has 0 aliphatic heterocycles. The topological polar surface area (TPSA) is 75.7 Å². The minimum atomic E-state index is -3.66. The maximum absolute atomic E-state index is 12.2. The molecule has 0 atom stereocenters. The molecule has 0 unspecified atom stereocenters. The van der Waals surface area contributed by atoms with Crippen LogP contribution in [0.15, 0.2) is 48.5 Å². The van der Waals surface area contributed by atoms with Crippen LogP contribution in [0.5, 0.6) is 5.75 Å². The van der Waals surface area contributed by atoms with Gasteiger partial charge in [0.05, 0.1) is 29.8 Å². The Hall–Kier alpha value is -2.25. The Bertz CT molecular complexity index is 839. The molecule has 0 saturated heterocycles. The minimum absolute atomic E-state index is 0.339. The highest BCUT2D eigenvalue weighted by molar-refractivity contribution is 7.92. The SMILES string of the molecule is COc1cccc(N(CC(=O)Nc2ccccc2Cl)S(C)(=O)=O)c1. The van der Waals surface area contributed by atoms with Crippen LogP contribution in [-0.2, 0) is 14.8 Å². The van der Waals surface area contributed by atoms with Crippen LogP contribution in [0.2, 0.25) is 5.02 Å². The molecule has 0 saturated carbocycles. The maximum atomic E-state index is 12.2. The Morgan fingerprint density at radius 2 is 1.92 bits per heavy atom. The van der Waals surface area contributed by atoms with Crippen molar-refractivity contribution in [3.8, 4) is 5.75 Å². The largest absolute Gasteiger partial charge is 0.497 e. The highest BCUT2D eigenvalue weighted by Crippen LogP contribution is 2.24. The zero-order valence-corrected chi connectivity index (χ0v) is 14.8. The van der Waals surface area contributed by atoms with E-state index in [2.05, 4.69) is 5.32 Å². The third kappa shape index (κ3) is 4.62. The van der Waals surface area contributed by atoms with Gasteiger partial charge in [0.15, 0.2) is 0 Å². The number of para-hydroxylation sites is 1. The highest BCUT2D eigenvalue weighted by atomic mass is 35.5. The van der Waals surface area contributed by atoms with E-state index in [4.69, 9.17) is 16.3 Å². The normalized spacial score (nSPS) is 11.0. The van der Waals surface area contributed by atoms with Gasteiger partial charge in [0.2, 0.25) is 15.9 Å². The molecule has 0 spiro atoms. The Kier molecular flexibility index (Phi) is 5.69. The molecule has 128 valence electrons. The Labute approximate surface area is 146 Å². The quantitative estimate of drug-likeness (QED) is 0.850. The molecule has 0 aliphatic carbocycles. The van der Waals surface area contributed by atoms with Gasteiger partial charge in [-0.15, -0.1) is 0 Å². The average molecular weight is 369 g/mol. The average Bonchev–Trinajstić information content (AvgIpc) is 2.54. The predicted octanol–water partition coefficient (Wildman–Crippen LogP) is 2.75. The number of sulfonamides is 1. The van der Waals surface area contributed by atoms with Gasteiger partial charge in [-0.2, -0.15) is 0 Å². The maximum Gasteiger partial charge on any atom is 0.245 e. The minimum Gasteiger partial charge on any atom is -0.497 e. The van der Waals surface area contributed by atoms with E-state index in [0.29, 0.717) is 22.1 Å². The zero-order chi connectivity index (χ0) is 17.7. The molecule has 24 heavy (non-hydrogen) atoms. The molecule has 1 amide bonds. The molecule has 0 aliphatic rings. The van der Waals surface area contributed by atoms with E-state index in [9.17, 15) is 13.2 Å². The molecule has 0 fully saturated rings. The van der Waals surface area contributed by atoms with Gasteiger partial charge in [0, 0.05) is 6.07 Å². The van der Waals surface area contributed by atoms with Gasteiger partial charge < -0.3 is 10.1 Å². The summed E-state index contributed by atoms with van der Waals surface area (Å²) < 4.78 is 30.2. The third-order valence-corrected chi connectivity index (χ3v) is 4.65. The number of halogens is 1. The van der Waals surface area contributed by atoms with Crippen LogP contribution >= 0.6 is 11.6 Å². The van der Waals surface area contributed by atoms with Crippen LogP contribution in [0.25, 0.3) is 0 Å². The van der Waals surface area contributed by atoms with Crippen LogP contribution < -0.4 is 14.4 Å². The number of amides is 1. The molecule has 2 aromatic rings. The lowest BCUT2D eigenvalue weighted by atomic mass is 10.3. The van der Waals surface area contributed by atoms with E-state index in [0.717, 1.165) is 10.6 Å². The van der Waals surface area contributed by atoms with Gasteiger partial charge in [0.25, 0.3) is 0 Å². The number of carbonyl (C=O) groups excluding carboxylic acids is 1. The van der Waals surface area contributed by atoms with Crippen molar-refractivity contribution >= 4 is 38.9 Å². The summed E-state index contributed by atoms with van der Waals surface area (Å²) in [6.45, 7) is -0.378. The van der Waals surface area contributed by atoms with Crippen molar-refractivity contribution in [1.82, 2.24) is 0 Å². The van der Waals surface area contributed by atoms with Crippen molar-refractivity contribution in [1.29, 1.82) is 0 Å². The molecule has 0 bridgehead atoms. The number of hydrogen-bond acceptors (Lipinski definition) is 4. The summed E-state index contributed by atoms with van der Waals surface area (Å²) >= 11 is 5.99. The van der Waals surface area contributed by atoms with Gasteiger partial charge in [-0.3, -0.25) is 9.10 Å². The summed E-state index contributed by atoms with van der Waals surface area (Å²) in [6.07, 6.45) is 1.04. The van der Waals surface area contributed by atoms with Crippen molar-refractivity contribution in [3.63, 3.8) is 0 Å². The molecule has 2 rings (SSSR count). The molecule has 0 radical (unpaired) electrons. The number of hydrogen-bond donors (Lipinski definition) is 1. The second kappa shape index (κ2) is 7.55. The third-order valence-electron chi connectivity index (χ3n) is 3.18. The van der Waals surface area contributed by atoms with Gasteiger partial charge in [-0.1, -0.05) is 29.8 Å². The van der Waals surface area contributed by atoms with E-state index < -0.39 is 15.9 Å². The molecule has 8 heteroatoms. The molecule has 6 nitrogen and oxygen atoms in total.